The van der Waals surface area contributed by atoms with Crippen LogP contribution in [-0.2, 0) is 5.41 Å². The van der Waals surface area contributed by atoms with Crippen molar-refractivity contribution in [3.05, 3.63) is 166 Å². The zero-order valence-electron chi connectivity index (χ0n) is 26.0. The highest BCUT2D eigenvalue weighted by Crippen LogP contribution is 2.59. The van der Waals surface area contributed by atoms with E-state index in [1.54, 1.807) is 0 Å². The van der Waals surface area contributed by atoms with Crippen LogP contribution in [0.1, 0.15) is 44.5 Å². The molecule has 1 aliphatic carbocycles. The summed E-state index contributed by atoms with van der Waals surface area (Å²) in [5.74, 6) is 3.03. The van der Waals surface area contributed by atoms with Gasteiger partial charge in [-0.15, -0.1) is 0 Å². The Balaban J connectivity index is 1.52. The highest BCUT2D eigenvalue weighted by molar-refractivity contribution is 5.87. The van der Waals surface area contributed by atoms with E-state index in [-0.39, 0.29) is 0 Å². The van der Waals surface area contributed by atoms with Crippen molar-refractivity contribution in [3.63, 3.8) is 0 Å². The maximum atomic E-state index is 6.81. The zero-order valence-corrected chi connectivity index (χ0v) is 26.0. The zero-order chi connectivity index (χ0) is 31.3. The lowest BCUT2D eigenvalue weighted by Gasteiger charge is -2.36. The number of anilines is 2. The van der Waals surface area contributed by atoms with Crippen LogP contribution in [0.5, 0.6) is 23.0 Å². The molecule has 0 spiro atoms. The number of benzene rings is 6. The van der Waals surface area contributed by atoms with Gasteiger partial charge in [0.1, 0.15) is 23.0 Å². The molecule has 0 aliphatic heterocycles. The number of para-hydroxylation sites is 2. The van der Waals surface area contributed by atoms with E-state index in [0.29, 0.717) is 0 Å². The van der Waals surface area contributed by atoms with Gasteiger partial charge in [0.15, 0.2) is 0 Å². The molecule has 0 bridgehead atoms. The molecule has 7 rings (SSSR count). The number of fused-ring (bicyclic) bond motifs is 3. The molecule has 0 fully saturated rings. The van der Waals surface area contributed by atoms with Crippen LogP contribution < -0.4 is 20.9 Å². The highest BCUT2D eigenvalue weighted by atomic mass is 16.5. The maximum Gasteiger partial charge on any atom is 0.132 e. The van der Waals surface area contributed by atoms with Gasteiger partial charge in [-0.25, -0.2) is 0 Å². The molecule has 0 radical (unpaired) electrons. The third-order valence-electron chi connectivity index (χ3n) is 9.12. The van der Waals surface area contributed by atoms with E-state index in [1.165, 1.54) is 22.3 Å². The highest BCUT2D eigenvalue weighted by Gasteiger charge is 2.49. The fourth-order valence-electron chi connectivity index (χ4n) is 6.93. The third-order valence-corrected chi connectivity index (χ3v) is 9.12. The van der Waals surface area contributed by atoms with Gasteiger partial charge >= 0.3 is 0 Å². The van der Waals surface area contributed by atoms with Crippen molar-refractivity contribution >= 4 is 11.4 Å². The second-order valence-corrected chi connectivity index (χ2v) is 12.0. The van der Waals surface area contributed by atoms with Gasteiger partial charge in [0.25, 0.3) is 0 Å². The van der Waals surface area contributed by atoms with E-state index in [0.717, 1.165) is 67.8 Å². The maximum absolute atomic E-state index is 6.81. The van der Waals surface area contributed by atoms with Crippen LogP contribution in [0.15, 0.2) is 121 Å². The summed E-state index contributed by atoms with van der Waals surface area (Å²) in [6.07, 6.45) is 0. The Kier molecular flexibility index (Phi) is 6.86. The molecule has 4 heteroatoms. The summed E-state index contributed by atoms with van der Waals surface area (Å²) in [5.41, 5.74) is 24.2. The third kappa shape index (κ3) is 4.53. The van der Waals surface area contributed by atoms with E-state index in [2.05, 4.69) is 84.9 Å². The Morgan fingerprint density at radius 2 is 0.733 bits per heavy atom. The van der Waals surface area contributed by atoms with Crippen LogP contribution in [0, 0.1) is 27.7 Å². The first-order valence-electron chi connectivity index (χ1n) is 15.3. The van der Waals surface area contributed by atoms with Crippen molar-refractivity contribution < 1.29 is 9.47 Å². The van der Waals surface area contributed by atoms with Crippen LogP contribution in [0.3, 0.4) is 0 Å². The molecule has 0 amide bonds. The minimum absolute atomic E-state index is 0.740. The first kappa shape index (κ1) is 28.3. The number of nitrogen functional groups attached to an aromatic ring is 2. The van der Waals surface area contributed by atoms with E-state index in [1.807, 2.05) is 64.1 Å². The summed E-state index contributed by atoms with van der Waals surface area (Å²) >= 11 is 0. The Bertz CT molecular complexity index is 1900. The monoisotopic (exact) mass is 588 g/mol. The van der Waals surface area contributed by atoms with Gasteiger partial charge < -0.3 is 20.9 Å². The molecule has 4 N–H and O–H groups in total. The SMILES string of the molecule is Cc1cc(Oc2ccccc2C2(c3ccccc3Oc3cc(C)c(N)c(C)c3)c3ccccc3-c3ccccc32)cc(C)c1N. The van der Waals surface area contributed by atoms with Crippen molar-refractivity contribution in [1.29, 1.82) is 0 Å². The standard InChI is InChI=1S/C41H36N2O2/c1-25-21-29(22-26(2)39(25)42)44-37-19-11-9-17-35(37)41(33-15-7-5-13-31(33)32-14-6-8-16-34(32)41)36-18-10-12-20-38(36)45-30-23-27(3)40(43)28(4)24-30/h5-24H,42-43H2,1-4H3. The van der Waals surface area contributed by atoms with Gasteiger partial charge in [0, 0.05) is 22.5 Å². The molecule has 0 unspecified atom stereocenters. The molecule has 222 valence electrons. The summed E-state index contributed by atoms with van der Waals surface area (Å²) in [6, 6.07) is 42.1. The molecule has 0 aromatic heterocycles. The predicted molar refractivity (Wildman–Crippen MR) is 185 cm³/mol. The molecule has 4 nitrogen and oxygen atoms in total. The van der Waals surface area contributed by atoms with Crippen LogP contribution in [0.2, 0.25) is 0 Å². The second kappa shape index (κ2) is 10.9. The molecule has 6 aromatic carbocycles. The van der Waals surface area contributed by atoms with Crippen molar-refractivity contribution in [2.75, 3.05) is 11.5 Å². The van der Waals surface area contributed by atoms with Gasteiger partial charge in [-0.2, -0.15) is 0 Å². The number of nitrogens with two attached hydrogens (primary N) is 2. The Morgan fingerprint density at radius 3 is 1.11 bits per heavy atom. The van der Waals surface area contributed by atoms with Crippen LogP contribution in [0.4, 0.5) is 11.4 Å². The lowest BCUT2D eigenvalue weighted by molar-refractivity contribution is 0.457. The topological polar surface area (TPSA) is 70.5 Å². The summed E-state index contributed by atoms with van der Waals surface area (Å²) in [4.78, 5) is 0. The van der Waals surface area contributed by atoms with Crippen molar-refractivity contribution in [2.24, 2.45) is 0 Å². The van der Waals surface area contributed by atoms with Gasteiger partial charge in [0.2, 0.25) is 0 Å². The van der Waals surface area contributed by atoms with E-state index in [9.17, 15) is 0 Å². The van der Waals surface area contributed by atoms with E-state index in [4.69, 9.17) is 20.9 Å². The molecule has 45 heavy (non-hydrogen) atoms. The van der Waals surface area contributed by atoms with Gasteiger partial charge in [-0.05, 0) is 109 Å². The Labute approximate surface area is 264 Å². The largest absolute Gasteiger partial charge is 0.457 e. The quantitative estimate of drug-likeness (QED) is 0.190. The van der Waals surface area contributed by atoms with Crippen molar-refractivity contribution in [3.8, 4) is 34.1 Å². The normalized spacial score (nSPS) is 12.8. The van der Waals surface area contributed by atoms with Crippen molar-refractivity contribution in [1.82, 2.24) is 0 Å². The van der Waals surface area contributed by atoms with Crippen LogP contribution in [-0.4, -0.2) is 0 Å². The molecule has 0 heterocycles. The first-order chi connectivity index (χ1) is 21.8. The summed E-state index contributed by atoms with van der Waals surface area (Å²) in [5, 5.41) is 0. The fourth-order valence-corrected chi connectivity index (χ4v) is 6.93. The van der Waals surface area contributed by atoms with E-state index >= 15 is 0 Å². The number of hydrogen-bond acceptors (Lipinski definition) is 4. The van der Waals surface area contributed by atoms with Crippen molar-refractivity contribution in [2.45, 2.75) is 33.1 Å². The van der Waals surface area contributed by atoms with Gasteiger partial charge in [-0.3, -0.25) is 0 Å². The number of aryl methyl sites for hydroxylation is 4. The summed E-state index contributed by atoms with van der Waals surface area (Å²) in [6.45, 7) is 8.06. The predicted octanol–water partition coefficient (Wildman–Crippen LogP) is 10.0. The second-order valence-electron chi connectivity index (χ2n) is 12.0. The molecule has 0 saturated heterocycles. The molecule has 0 saturated carbocycles. The lowest BCUT2D eigenvalue weighted by Crippen LogP contribution is -2.29. The summed E-state index contributed by atoms with van der Waals surface area (Å²) in [7, 11) is 0. The molecule has 1 aliphatic rings. The van der Waals surface area contributed by atoms with E-state index < -0.39 is 5.41 Å². The van der Waals surface area contributed by atoms with Gasteiger partial charge in [-0.1, -0.05) is 84.9 Å². The Hall–Kier alpha value is -5.48. The summed E-state index contributed by atoms with van der Waals surface area (Å²) < 4.78 is 13.6. The molecular formula is C41H36N2O2. The molecule has 6 aromatic rings. The Morgan fingerprint density at radius 1 is 0.422 bits per heavy atom. The number of ether oxygens (including phenoxy) is 2. The minimum atomic E-state index is -0.740. The average molecular weight is 589 g/mol. The number of rotatable bonds is 6. The smallest absolute Gasteiger partial charge is 0.132 e. The molecular weight excluding hydrogens is 552 g/mol. The van der Waals surface area contributed by atoms with Crippen LogP contribution in [0.25, 0.3) is 11.1 Å². The van der Waals surface area contributed by atoms with Gasteiger partial charge in [0.05, 0.1) is 5.41 Å². The fraction of sp³-hybridized carbons (Fsp3) is 0.122. The molecule has 0 atom stereocenters. The lowest BCUT2D eigenvalue weighted by atomic mass is 9.67. The minimum Gasteiger partial charge on any atom is -0.457 e. The van der Waals surface area contributed by atoms with Crippen LogP contribution >= 0.6 is 0 Å². The number of hydrogen-bond donors (Lipinski definition) is 2. The first-order valence-corrected chi connectivity index (χ1v) is 15.3. The average Bonchev–Trinajstić information content (AvgIpc) is 3.34.